The number of aromatic amines is 1. The molecule has 3 aromatic rings. The molecule has 1 aromatic carbocycles. The van der Waals surface area contributed by atoms with E-state index in [-0.39, 0.29) is 23.5 Å². The van der Waals surface area contributed by atoms with E-state index >= 15 is 0 Å². The molecule has 3 rings (SSSR count). The Balaban J connectivity index is 1.89. The Morgan fingerprint density at radius 2 is 1.75 bits per heavy atom. The SMILES string of the molecule is CCCc1c(C(=O)NNC(=O)c2nn(CC)c(=O)c3ccccc23)[nH]c(C)c1C(=O)OC. The van der Waals surface area contributed by atoms with Crippen molar-refractivity contribution in [1.82, 2.24) is 25.6 Å². The molecule has 0 bridgehead atoms. The summed E-state index contributed by atoms with van der Waals surface area (Å²) in [4.78, 5) is 53.1. The number of amides is 2. The maximum absolute atomic E-state index is 12.8. The number of rotatable bonds is 6. The summed E-state index contributed by atoms with van der Waals surface area (Å²) in [6, 6.07) is 6.64. The van der Waals surface area contributed by atoms with Crippen molar-refractivity contribution < 1.29 is 19.1 Å². The molecule has 0 fully saturated rings. The molecule has 168 valence electrons. The number of hydrogen-bond acceptors (Lipinski definition) is 6. The molecule has 0 saturated carbocycles. The smallest absolute Gasteiger partial charge is 0.339 e. The monoisotopic (exact) mass is 439 g/mol. The number of benzene rings is 1. The number of hydrazine groups is 1. The largest absolute Gasteiger partial charge is 0.465 e. The molecule has 2 heterocycles. The van der Waals surface area contributed by atoms with Crippen LogP contribution >= 0.6 is 0 Å². The molecule has 32 heavy (non-hydrogen) atoms. The van der Waals surface area contributed by atoms with Crippen LogP contribution in [0, 0.1) is 6.92 Å². The van der Waals surface area contributed by atoms with E-state index in [2.05, 4.69) is 20.9 Å². The number of aromatic nitrogens is 3. The molecule has 0 saturated heterocycles. The quantitative estimate of drug-likeness (QED) is 0.396. The molecule has 3 N–H and O–H groups in total. The first-order valence-corrected chi connectivity index (χ1v) is 10.2. The number of hydrogen-bond donors (Lipinski definition) is 3. The average molecular weight is 439 g/mol. The summed E-state index contributed by atoms with van der Waals surface area (Å²) in [6.07, 6.45) is 1.17. The Morgan fingerprint density at radius 1 is 1.09 bits per heavy atom. The van der Waals surface area contributed by atoms with Gasteiger partial charge in [0.05, 0.1) is 18.1 Å². The number of nitrogens with one attached hydrogen (secondary N) is 3. The molecule has 0 spiro atoms. The van der Waals surface area contributed by atoms with Crippen LogP contribution in [0.3, 0.4) is 0 Å². The van der Waals surface area contributed by atoms with E-state index in [1.807, 2.05) is 6.92 Å². The molecular formula is C22H25N5O5. The van der Waals surface area contributed by atoms with Crippen LogP contribution in [0.1, 0.15) is 62.9 Å². The number of methoxy groups -OCH3 is 1. The number of aryl methyl sites for hydroxylation is 2. The summed E-state index contributed by atoms with van der Waals surface area (Å²) in [6.45, 7) is 5.63. The lowest BCUT2D eigenvalue weighted by Gasteiger charge is -2.11. The molecule has 0 radical (unpaired) electrons. The number of esters is 1. The Bertz CT molecular complexity index is 1260. The third-order valence-corrected chi connectivity index (χ3v) is 5.08. The van der Waals surface area contributed by atoms with Gasteiger partial charge >= 0.3 is 5.97 Å². The van der Waals surface area contributed by atoms with Crippen molar-refractivity contribution in [3.8, 4) is 0 Å². The van der Waals surface area contributed by atoms with Crippen LogP contribution in [0.4, 0.5) is 0 Å². The lowest BCUT2D eigenvalue weighted by Crippen LogP contribution is -2.43. The zero-order valence-electron chi connectivity index (χ0n) is 18.4. The zero-order valence-corrected chi connectivity index (χ0v) is 18.4. The second-order valence-corrected chi connectivity index (χ2v) is 7.14. The molecule has 0 unspecified atom stereocenters. The highest BCUT2D eigenvalue weighted by atomic mass is 16.5. The molecular weight excluding hydrogens is 414 g/mol. The lowest BCUT2D eigenvalue weighted by atomic mass is 10.0. The van der Waals surface area contributed by atoms with Crippen LogP contribution in [0.2, 0.25) is 0 Å². The van der Waals surface area contributed by atoms with Crippen LogP contribution in [0.15, 0.2) is 29.1 Å². The minimum atomic E-state index is -0.676. The lowest BCUT2D eigenvalue weighted by molar-refractivity contribution is 0.0598. The number of carbonyl (C=O) groups is 3. The van der Waals surface area contributed by atoms with Gasteiger partial charge in [0.1, 0.15) is 5.69 Å². The number of carbonyl (C=O) groups excluding carboxylic acids is 3. The van der Waals surface area contributed by atoms with Gasteiger partial charge in [-0.25, -0.2) is 9.48 Å². The van der Waals surface area contributed by atoms with Crippen molar-refractivity contribution in [3.05, 3.63) is 62.8 Å². The van der Waals surface area contributed by atoms with Gasteiger partial charge in [0.2, 0.25) is 0 Å². The number of H-pyrrole nitrogens is 1. The summed E-state index contributed by atoms with van der Waals surface area (Å²) in [5, 5.41) is 4.88. The summed E-state index contributed by atoms with van der Waals surface area (Å²) < 4.78 is 6.02. The van der Waals surface area contributed by atoms with Gasteiger partial charge in [-0.15, -0.1) is 0 Å². The van der Waals surface area contributed by atoms with E-state index in [0.717, 1.165) is 0 Å². The number of fused-ring (bicyclic) bond motifs is 1. The van der Waals surface area contributed by atoms with Crippen molar-refractivity contribution in [2.24, 2.45) is 0 Å². The number of ether oxygens (including phenoxy) is 1. The Hall–Kier alpha value is -3.95. The predicted octanol–water partition coefficient (Wildman–Crippen LogP) is 1.87. The standard InChI is InChI=1S/C22H25N5O5/c1-5-9-15-16(22(31)32-4)12(3)23-17(15)19(28)24-25-20(29)18-13-10-7-8-11-14(13)21(30)27(6-2)26-18/h7-8,10-11,23H,5-6,9H2,1-4H3,(H,24,28)(H,25,29). The van der Waals surface area contributed by atoms with E-state index in [0.29, 0.717) is 40.4 Å². The van der Waals surface area contributed by atoms with Crippen LogP contribution in [-0.4, -0.2) is 39.7 Å². The third kappa shape index (κ3) is 4.11. The molecule has 2 aromatic heterocycles. The maximum Gasteiger partial charge on any atom is 0.339 e. The van der Waals surface area contributed by atoms with Gasteiger partial charge in [-0.1, -0.05) is 31.5 Å². The van der Waals surface area contributed by atoms with E-state index in [1.165, 1.54) is 11.8 Å². The van der Waals surface area contributed by atoms with Gasteiger partial charge in [-0.05, 0) is 31.9 Å². The normalized spacial score (nSPS) is 10.8. The minimum Gasteiger partial charge on any atom is -0.465 e. The average Bonchev–Trinajstić information content (AvgIpc) is 3.13. The van der Waals surface area contributed by atoms with E-state index in [4.69, 9.17) is 4.74 Å². The second-order valence-electron chi connectivity index (χ2n) is 7.14. The topological polar surface area (TPSA) is 135 Å². The molecule has 0 aliphatic rings. The highest BCUT2D eigenvalue weighted by molar-refractivity contribution is 6.06. The van der Waals surface area contributed by atoms with E-state index < -0.39 is 17.8 Å². The molecule has 0 aliphatic carbocycles. The fourth-order valence-electron chi connectivity index (χ4n) is 3.60. The minimum absolute atomic E-state index is 0.00838. The highest BCUT2D eigenvalue weighted by Gasteiger charge is 2.25. The van der Waals surface area contributed by atoms with Gasteiger partial charge < -0.3 is 9.72 Å². The molecule has 10 heteroatoms. The molecule has 2 amide bonds. The van der Waals surface area contributed by atoms with Crippen molar-refractivity contribution in [2.45, 2.75) is 40.2 Å². The van der Waals surface area contributed by atoms with Crippen LogP contribution < -0.4 is 16.4 Å². The van der Waals surface area contributed by atoms with Crippen molar-refractivity contribution in [1.29, 1.82) is 0 Å². The van der Waals surface area contributed by atoms with Crippen molar-refractivity contribution in [2.75, 3.05) is 7.11 Å². The first kappa shape index (κ1) is 22.7. The summed E-state index contributed by atoms with van der Waals surface area (Å²) in [5.41, 5.74) is 5.92. The van der Waals surface area contributed by atoms with Gasteiger partial charge in [0, 0.05) is 17.6 Å². The Kier molecular flexibility index (Phi) is 6.72. The van der Waals surface area contributed by atoms with Crippen molar-refractivity contribution >= 4 is 28.6 Å². The van der Waals surface area contributed by atoms with Crippen molar-refractivity contribution in [3.63, 3.8) is 0 Å². The second kappa shape index (κ2) is 9.46. The van der Waals surface area contributed by atoms with Gasteiger partial charge in [-0.3, -0.25) is 25.2 Å². The number of nitrogens with zero attached hydrogens (tertiary/aromatic N) is 2. The summed E-state index contributed by atoms with van der Waals surface area (Å²) >= 11 is 0. The van der Waals surface area contributed by atoms with Gasteiger partial charge in [0.25, 0.3) is 17.4 Å². The zero-order chi connectivity index (χ0) is 23.4. The highest BCUT2D eigenvalue weighted by Crippen LogP contribution is 2.21. The Labute approximate surface area is 183 Å². The van der Waals surface area contributed by atoms with E-state index in [1.54, 1.807) is 38.1 Å². The van der Waals surface area contributed by atoms with Gasteiger partial charge in [-0.2, -0.15) is 5.10 Å². The molecule has 0 aliphatic heterocycles. The van der Waals surface area contributed by atoms with Crippen LogP contribution in [0.5, 0.6) is 0 Å². The van der Waals surface area contributed by atoms with Gasteiger partial charge in [0.15, 0.2) is 5.69 Å². The predicted molar refractivity (Wildman–Crippen MR) is 117 cm³/mol. The summed E-state index contributed by atoms with van der Waals surface area (Å²) in [5.74, 6) is -1.83. The maximum atomic E-state index is 12.8. The van der Waals surface area contributed by atoms with Crippen LogP contribution in [-0.2, 0) is 17.7 Å². The first-order chi connectivity index (χ1) is 15.3. The first-order valence-electron chi connectivity index (χ1n) is 10.2. The molecule has 10 nitrogen and oxygen atoms in total. The van der Waals surface area contributed by atoms with E-state index in [9.17, 15) is 19.2 Å². The molecule has 0 atom stereocenters. The fourth-order valence-corrected chi connectivity index (χ4v) is 3.60. The third-order valence-electron chi connectivity index (χ3n) is 5.08. The Morgan fingerprint density at radius 3 is 2.38 bits per heavy atom. The fraction of sp³-hybridized carbons (Fsp3) is 0.318. The summed E-state index contributed by atoms with van der Waals surface area (Å²) in [7, 11) is 1.28. The van der Waals surface area contributed by atoms with Crippen LogP contribution in [0.25, 0.3) is 10.8 Å².